The summed E-state index contributed by atoms with van der Waals surface area (Å²) in [5.74, 6) is 0.714. The molecule has 0 amide bonds. The average Bonchev–Trinajstić information content (AvgIpc) is 2.69. The molecule has 0 radical (unpaired) electrons. The first-order chi connectivity index (χ1) is 8.70. The van der Waals surface area contributed by atoms with Gasteiger partial charge in [0.25, 0.3) is 0 Å². The van der Waals surface area contributed by atoms with Crippen LogP contribution in [0.25, 0.3) is 0 Å². The summed E-state index contributed by atoms with van der Waals surface area (Å²) in [7, 11) is 0. The lowest BCUT2D eigenvalue weighted by molar-refractivity contribution is 0.594. The van der Waals surface area contributed by atoms with Crippen molar-refractivity contribution in [1.29, 1.82) is 0 Å². The molecule has 0 aliphatic rings. The molecular weight excluding hydrogens is 229 g/mol. The predicted molar refractivity (Wildman–Crippen MR) is 71.2 cm³/mol. The van der Waals surface area contributed by atoms with Gasteiger partial charge in [-0.15, -0.1) is 0 Å². The fraction of sp³-hybridized carbons (Fsp3) is 0.357. The molecule has 0 unspecified atom stereocenters. The topological polar surface area (TPSA) is 29.9 Å². The molecule has 2 aromatic rings. The van der Waals surface area contributed by atoms with Gasteiger partial charge >= 0.3 is 0 Å². The third-order valence-corrected chi connectivity index (χ3v) is 2.81. The van der Waals surface area contributed by atoms with Crippen LogP contribution in [0, 0.1) is 12.7 Å². The van der Waals surface area contributed by atoms with Crippen LogP contribution in [0.5, 0.6) is 0 Å². The van der Waals surface area contributed by atoms with Crippen LogP contribution in [-0.2, 0) is 13.0 Å². The molecule has 18 heavy (non-hydrogen) atoms. The van der Waals surface area contributed by atoms with Crippen LogP contribution < -0.4 is 5.32 Å². The highest BCUT2D eigenvalue weighted by Crippen LogP contribution is 2.12. The van der Waals surface area contributed by atoms with E-state index in [1.54, 1.807) is 6.07 Å². The van der Waals surface area contributed by atoms with Crippen LogP contribution in [-0.4, -0.2) is 16.1 Å². The highest BCUT2D eigenvalue weighted by atomic mass is 19.1. The number of hydrogen-bond donors (Lipinski definition) is 1. The Morgan fingerprint density at radius 3 is 2.83 bits per heavy atom. The van der Waals surface area contributed by atoms with Gasteiger partial charge in [-0.05, 0) is 31.9 Å². The summed E-state index contributed by atoms with van der Waals surface area (Å²) in [5.41, 5.74) is 1.71. The smallest absolute Gasteiger partial charge is 0.203 e. The highest BCUT2D eigenvalue weighted by Gasteiger charge is 2.06. The summed E-state index contributed by atoms with van der Waals surface area (Å²) in [6.45, 7) is 5.55. The third-order valence-electron chi connectivity index (χ3n) is 2.81. The number of benzene rings is 1. The maximum atomic E-state index is 13.5. The summed E-state index contributed by atoms with van der Waals surface area (Å²) in [5, 5.41) is 3.21. The summed E-state index contributed by atoms with van der Waals surface area (Å²) < 4.78 is 15.5. The zero-order valence-corrected chi connectivity index (χ0v) is 10.8. The molecule has 1 aromatic heterocycles. The molecule has 0 spiro atoms. The van der Waals surface area contributed by atoms with Crippen molar-refractivity contribution in [1.82, 2.24) is 9.55 Å². The van der Waals surface area contributed by atoms with Gasteiger partial charge in [0, 0.05) is 19.3 Å². The van der Waals surface area contributed by atoms with Gasteiger partial charge in [-0.25, -0.2) is 9.37 Å². The van der Waals surface area contributed by atoms with E-state index in [-0.39, 0.29) is 5.82 Å². The van der Waals surface area contributed by atoms with Crippen LogP contribution in [0.15, 0.2) is 30.5 Å². The highest BCUT2D eigenvalue weighted by molar-refractivity contribution is 5.28. The second kappa shape index (κ2) is 5.67. The molecule has 1 heterocycles. The van der Waals surface area contributed by atoms with Crippen LogP contribution in [0.2, 0.25) is 0 Å². The Labute approximate surface area is 107 Å². The van der Waals surface area contributed by atoms with E-state index in [0.717, 1.165) is 30.3 Å². The molecule has 2 rings (SSSR count). The molecule has 0 saturated carbocycles. The fourth-order valence-electron chi connectivity index (χ4n) is 1.96. The molecule has 4 heteroatoms. The molecule has 1 aromatic carbocycles. The van der Waals surface area contributed by atoms with Gasteiger partial charge in [-0.2, -0.15) is 0 Å². The summed E-state index contributed by atoms with van der Waals surface area (Å²) in [6, 6.07) is 6.90. The molecule has 0 saturated heterocycles. The zero-order chi connectivity index (χ0) is 13.0. The van der Waals surface area contributed by atoms with E-state index in [2.05, 4.69) is 10.3 Å². The first-order valence-corrected chi connectivity index (χ1v) is 6.21. The van der Waals surface area contributed by atoms with E-state index in [1.165, 1.54) is 6.07 Å². The van der Waals surface area contributed by atoms with E-state index in [0.29, 0.717) is 6.42 Å². The molecule has 0 aliphatic heterocycles. The number of nitrogens with one attached hydrogen (secondary N) is 1. The van der Waals surface area contributed by atoms with Gasteiger partial charge in [0.1, 0.15) is 5.82 Å². The van der Waals surface area contributed by atoms with Crippen molar-refractivity contribution < 1.29 is 4.39 Å². The van der Waals surface area contributed by atoms with Gasteiger partial charge in [0.2, 0.25) is 5.95 Å². The fourth-order valence-corrected chi connectivity index (χ4v) is 1.96. The molecule has 0 atom stereocenters. The number of aromatic nitrogens is 2. The van der Waals surface area contributed by atoms with Crippen molar-refractivity contribution in [2.45, 2.75) is 26.8 Å². The maximum Gasteiger partial charge on any atom is 0.203 e. The Bertz CT molecular complexity index is 520. The molecule has 96 valence electrons. The lowest BCUT2D eigenvalue weighted by Crippen LogP contribution is -2.08. The van der Waals surface area contributed by atoms with Crippen molar-refractivity contribution in [2.24, 2.45) is 0 Å². The largest absolute Gasteiger partial charge is 0.356 e. The number of nitrogens with zero attached hydrogens (tertiary/aromatic N) is 2. The number of rotatable bonds is 5. The molecular formula is C14H18FN3. The molecule has 3 nitrogen and oxygen atoms in total. The van der Waals surface area contributed by atoms with Crippen LogP contribution in [0.4, 0.5) is 10.3 Å². The Hall–Kier alpha value is -1.84. The SMILES string of the molecule is CCNc1nc(C)cn1CCc1ccccc1F. The van der Waals surface area contributed by atoms with Gasteiger partial charge in [0.05, 0.1) is 5.69 Å². The minimum atomic E-state index is -0.140. The minimum Gasteiger partial charge on any atom is -0.356 e. The second-order valence-corrected chi connectivity index (χ2v) is 4.27. The molecule has 0 fully saturated rings. The van der Waals surface area contributed by atoms with Crippen LogP contribution in [0.1, 0.15) is 18.2 Å². The van der Waals surface area contributed by atoms with E-state index in [1.807, 2.05) is 36.7 Å². The quantitative estimate of drug-likeness (QED) is 0.880. The summed E-state index contributed by atoms with van der Waals surface area (Å²) in [4.78, 5) is 4.39. The molecule has 0 aliphatic carbocycles. The number of anilines is 1. The lowest BCUT2D eigenvalue weighted by Gasteiger charge is -2.08. The van der Waals surface area contributed by atoms with Gasteiger partial charge in [-0.1, -0.05) is 18.2 Å². The van der Waals surface area contributed by atoms with E-state index >= 15 is 0 Å². The number of aryl methyl sites for hydroxylation is 3. The van der Waals surface area contributed by atoms with Gasteiger partial charge < -0.3 is 9.88 Å². The Balaban J connectivity index is 2.08. The standard InChI is InChI=1S/C14H18FN3/c1-3-16-14-17-11(2)10-18(14)9-8-12-6-4-5-7-13(12)15/h4-7,10H,3,8-9H2,1-2H3,(H,16,17). The molecule has 1 N–H and O–H groups in total. The predicted octanol–water partition coefficient (Wildman–Crippen LogP) is 3.01. The normalized spacial score (nSPS) is 10.6. The van der Waals surface area contributed by atoms with E-state index in [9.17, 15) is 4.39 Å². The van der Waals surface area contributed by atoms with E-state index < -0.39 is 0 Å². The van der Waals surface area contributed by atoms with Crippen molar-refractivity contribution in [3.05, 3.63) is 47.5 Å². The van der Waals surface area contributed by atoms with E-state index in [4.69, 9.17) is 0 Å². The Kier molecular flexibility index (Phi) is 3.97. The Morgan fingerprint density at radius 1 is 1.33 bits per heavy atom. The third kappa shape index (κ3) is 2.88. The van der Waals surface area contributed by atoms with Crippen molar-refractivity contribution in [3.63, 3.8) is 0 Å². The first-order valence-electron chi connectivity index (χ1n) is 6.21. The minimum absolute atomic E-state index is 0.140. The Morgan fingerprint density at radius 2 is 2.11 bits per heavy atom. The lowest BCUT2D eigenvalue weighted by atomic mass is 10.1. The first kappa shape index (κ1) is 12.6. The second-order valence-electron chi connectivity index (χ2n) is 4.27. The number of halogens is 1. The number of imidazole rings is 1. The van der Waals surface area contributed by atoms with Crippen LogP contribution >= 0.6 is 0 Å². The average molecular weight is 247 g/mol. The van der Waals surface area contributed by atoms with Crippen molar-refractivity contribution in [2.75, 3.05) is 11.9 Å². The summed E-state index contributed by atoms with van der Waals surface area (Å²) >= 11 is 0. The maximum absolute atomic E-state index is 13.5. The van der Waals surface area contributed by atoms with Crippen LogP contribution in [0.3, 0.4) is 0 Å². The van der Waals surface area contributed by atoms with Crippen molar-refractivity contribution in [3.8, 4) is 0 Å². The number of hydrogen-bond acceptors (Lipinski definition) is 2. The molecule has 0 bridgehead atoms. The van der Waals surface area contributed by atoms with Gasteiger partial charge in [-0.3, -0.25) is 0 Å². The summed E-state index contributed by atoms with van der Waals surface area (Å²) in [6.07, 6.45) is 2.65. The van der Waals surface area contributed by atoms with Gasteiger partial charge in [0.15, 0.2) is 0 Å². The monoisotopic (exact) mass is 247 g/mol. The zero-order valence-electron chi connectivity index (χ0n) is 10.8. The van der Waals surface area contributed by atoms with Crippen molar-refractivity contribution >= 4 is 5.95 Å².